The molecular formula is C12H26N2O. The van der Waals surface area contributed by atoms with Crippen molar-refractivity contribution < 1.29 is 4.74 Å². The van der Waals surface area contributed by atoms with Gasteiger partial charge in [0.1, 0.15) is 0 Å². The number of hydrogen-bond acceptors (Lipinski definition) is 3. The largest absolute Gasteiger partial charge is 0.380 e. The van der Waals surface area contributed by atoms with Crippen LogP contribution in [0.2, 0.25) is 0 Å². The maximum atomic E-state index is 5.59. The predicted octanol–water partition coefficient (Wildman–Crippen LogP) is 1.48. The van der Waals surface area contributed by atoms with Crippen LogP contribution in [0.5, 0.6) is 0 Å². The summed E-state index contributed by atoms with van der Waals surface area (Å²) in [5.41, 5.74) is 0. The molecule has 1 N–H and O–H groups in total. The highest BCUT2D eigenvalue weighted by Gasteiger charge is 2.30. The summed E-state index contributed by atoms with van der Waals surface area (Å²) in [6.45, 7) is 6.31. The Hall–Kier alpha value is -0.120. The summed E-state index contributed by atoms with van der Waals surface area (Å²) < 4.78 is 5.59. The molecule has 3 heteroatoms. The summed E-state index contributed by atoms with van der Waals surface area (Å²) >= 11 is 0. The molecule has 0 amide bonds. The standard InChI is InChI=1S/C12H26N2O/c1-5-10(6-2)14(4)12-9-15-8-7-11(12)13-3/h10-13H,5-9H2,1-4H3. The van der Waals surface area contributed by atoms with Crippen LogP contribution in [-0.4, -0.2) is 50.3 Å². The van der Waals surface area contributed by atoms with E-state index >= 15 is 0 Å². The van der Waals surface area contributed by atoms with Crippen molar-refractivity contribution in [1.29, 1.82) is 0 Å². The molecule has 2 atom stereocenters. The third-order valence-electron chi connectivity index (χ3n) is 3.74. The van der Waals surface area contributed by atoms with Gasteiger partial charge in [-0.2, -0.15) is 0 Å². The average Bonchev–Trinajstić information content (AvgIpc) is 2.30. The fourth-order valence-corrected chi connectivity index (χ4v) is 2.60. The van der Waals surface area contributed by atoms with E-state index in [0.29, 0.717) is 18.1 Å². The number of nitrogens with one attached hydrogen (secondary N) is 1. The van der Waals surface area contributed by atoms with Gasteiger partial charge in [-0.1, -0.05) is 13.8 Å². The van der Waals surface area contributed by atoms with E-state index in [2.05, 4.69) is 38.2 Å². The minimum Gasteiger partial charge on any atom is -0.380 e. The molecule has 0 spiro atoms. The van der Waals surface area contributed by atoms with Crippen molar-refractivity contribution >= 4 is 0 Å². The number of rotatable bonds is 5. The summed E-state index contributed by atoms with van der Waals surface area (Å²) in [7, 11) is 4.30. The zero-order valence-electron chi connectivity index (χ0n) is 10.6. The van der Waals surface area contributed by atoms with E-state index in [9.17, 15) is 0 Å². The lowest BCUT2D eigenvalue weighted by molar-refractivity contribution is -0.00802. The van der Waals surface area contributed by atoms with Crippen molar-refractivity contribution in [2.45, 2.75) is 51.2 Å². The molecule has 1 aliphatic rings. The van der Waals surface area contributed by atoms with Crippen molar-refractivity contribution in [2.24, 2.45) is 0 Å². The van der Waals surface area contributed by atoms with Gasteiger partial charge in [-0.05, 0) is 33.4 Å². The summed E-state index contributed by atoms with van der Waals surface area (Å²) in [5.74, 6) is 0. The summed E-state index contributed by atoms with van der Waals surface area (Å²) in [5, 5.41) is 3.42. The zero-order chi connectivity index (χ0) is 11.3. The molecule has 0 radical (unpaired) electrons. The fraction of sp³-hybridized carbons (Fsp3) is 1.00. The van der Waals surface area contributed by atoms with Crippen LogP contribution in [0.3, 0.4) is 0 Å². The molecular weight excluding hydrogens is 188 g/mol. The molecule has 0 aromatic carbocycles. The molecule has 3 nitrogen and oxygen atoms in total. The third-order valence-corrected chi connectivity index (χ3v) is 3.74. The maximum Gasteiger partial charge on any atom is 0.0637 e. The Morgan fingerprint density at radius 1 is 1.40 bits per heavy atom. The highest BCUT2D eigenvalue weighted by atomic mass is 16.5. The Labute approximate surface area is 94.2 Å². The molecule has 1 fully saturated rings. The van der Waals surface area contributed by atoms with Crippen LogP contribution in [0, 0.1) is 0 Å². The lowest BCUT2D eigenvalue weighted by Crippen LogP contribution is -2.55. The van der Waals surface area contributed by atoms with Crippen molar-refractivity contribution in [3.63, 3.8) is 0 Å². The molecule has 1 rings (SSSR count). The van der Waals surface area contributed by atoms with Crippen LogP contribution in [0.15, 0.2) is 0 Å². The number of ether oxygens (including phenoxy) is 1. The monoisotopic (exact) mass is 214 g/mol. The zero-order valence-corrected chi connectivity index (χ0v) is 10.6. The van der Waals surface area contributed by atoms with Gasteiger partial charge >= 0.3 is 0 Å². The molecule has 1 saturated heterocycles. The van der Waals surface area contributed by atoms with Crippen molar-refractivity contribution in [2.75, 3.05) is 27.3 Å². The molecule has 0 aliphatic carbocycles. The lowest BCUT2D eigenvalue weighted by Gasteiger charge is -2.41. The van der Waals surface area contributed by atoms with Crippen LogP contribution in [-0.2, 0) is 4.74 Å². The maximum absolute atomic E-state index is 5.59. The van der Waals surface area contributed by atoms with E-state index in [1.54, 1.807) is 0 Å². The second-order valence-corrected chi connectivity index (χ2v) is 4.46. The third kappa shape index (κ3) is 3.16. The van der Waals surface area contributed by atoms with Gasteiger partial charge in [0.15, 0.2) is 0 Å². The molecule has 1 heterocycles. The van der Waals surface area contributed by atoms with Gasteiger partial charge in [-0.25, -0.2) is 0 Å². The first-order valence-corrected chi connectivity index (χ1v) is 6.21. The smallest absolute Gasteiger partial charge is 0.0637 e. The van der Waals surface area contributed by atoms with Gasteiger partial charge in [-0.15, -0.1) is 0 Å². The Balaban J connectivity index is 2.57. The van der Waals surface area contributed by atoms with Crippen molar-refractivity contribution in [3.8, 4) is 0 Å². The van der Waals surface area contributed by atoms with Crippen LogP contribution >= 0.6 is 0 Å². The first kappa shape index (κ1) is 12.9. The Kier molecular flexibility index (Phi) is 5.58. The van der Waals surface area contributed by atoms with Gasteiger partial charge < -0.3 is 10.1 Å². The van der Waals surface area contributed by atoms with E-state index in [4.69, 9.17) is 4.74 Å². The van der Waals surface area contributed by atoms with Crippen LogP contribution in [0.25, 0.3) is 0 Å². The molecule has 0 bridgehead atoms. The first-order chi connectivity index (χ1) is 7.24. The van der Waals surface area contributed by atoms with E-state index in [1.807, 2.05) is 0 Å². The molecule has 0 aromatic heterocycles. The average molecular weight is 214 g/mol. The quantitative estimate of drug-likeness (QED) is 0.750. The number of nitrogens with zero attached hydrogens (tertiary/aromatic N) is 1. The fourth-order valence-electron chi connectivity index (χ4n) is 2.60. The van der Waals surface area contributed by atoms with Gasteiger partial charge in [0.2, 0.25) is 0 Å². The Morgan fingerprint density at radius 3 is 2.60 bits per heavy atom. The molecule has 15 heavy (non-hydrogen) atoms. The van der Waals surface area contributed by atoms with Crippen LogP contribution in [0.1, 0.15) is 33.1 Å². The lowest BCUT2D eigenvalue weighted by atomic mass is 9.99. The topological polar surface area (TPSA) is 24.5 Å². The number of hydrogen-bond donors (Lipinski definition) is 1. The van der Waals surface area contributed by atoms with Crippen molar-refractivity contribution in [3.05, 3.63) is 0 Å². The Morgan fingerprint density at radius 2 is 2.07 bits per heavy atom. The summed E-state index contributed by atoms with van der Waals surface area (Å²) in [6, 6.07) is 1.81. The second-order valence-electron chi connectivity index (χ2n) is 4.46. The van der Waals surface area contributed by atoms with Gasteiger partial charge in [0.25, 0.3) is 0 Å². The molecule has 0 saturated carbocycles. The molecule has 2 unspecified atom stereocenters. The van der Waals surface area contributed by atoms with E-state index < -0.39 is 0 Å². The normalized spacial score (nSPS) is 27.6. The summed E-state index contributed by atoms with van der Waals surface area (Å²) in [4.78, 5) is 2.50. The first-order valence-electron chi connectivity index (χ1n) is 6.21. The van der Waals surface area contributed by atoms with E-state index in [0.717, 1.165) is 19.6 Å². The van der Waals surface area contributed by atoms with Gasteiger partial charge in [0.05, 0.1) is 6.61 Å². The van der Waals surface area contributed by atoms with Gasteiger partial charge in [-0.3, -0.25) is 4.90 Å². The minimum absolute atomic E-state index is 0.536. The minimum atomic E-state index is 0.536. The SMILES string of the molecule is CCC(CC)N(C)C1COCCC1NC. The highest BCUT2D eigenvalue weighted by Crippen LogP contribution is 2.18. The van der Waals surface area contributed by atoms with Crippen LogP contribution < -0.4 is 5.32 Å². The highest BCUT2D eigenvalue weighted by molar-refractivity contribution is 4.87. The predicted molar refractivity (Wildman–Crippen MR) is 64.2 cm³/mol. The second kappa shape index (κ2) is 6.46. The van der Waals surface area contributed by atoms with Crippen molar-refractivity contribution in [1.82, 2.24) is 10.2 Å². The van der Waals surface area contributed by atoms with E-state index in [-0.39, 0.29) is 0 Å². The molecule has 0 aromatic rings. The van der Waals surface area contributed by atoms with Gasteiger partial charge in [0, 0.05) is 24.7 Å². The van der Waals surface area contributed by atoms with Crippen LogP contribution in [0.4, 0.5) is 0 Å². The summed E-state index contributed by atoms with van der Waals surface area (Å²) in [6.07, 6.45) is 3.57. The van der Waals surface area contributed by atoms with E-state index in [1.165, 1.54) is 12.8 Å². The molecule has 90 valence electrons. The Bertz CT molecular complexity index is 171. The number of likely N-dealkylation sites (N-methyl/N-ethyl adjacent to an activating group) is 2. The molecule has 1 aliphatic heterocycles.